The first-order chi connectivity index (χ1) is 55.5. The summed E-state index contributed by atoms with van der Waals surface area (Å²) in [6, 6.07) is 10.1. The number of amides is 8. The maximum atomic E-state index is 14.0. The molecule has 2 aromatic carbocycles. The monoisotopic (exact) mass is 1640 g/mol. The molecular formula is C75H103F4N15O22. The van der Waals surface area contributed by atoms with Crippen molar-refractivity contribution in [3.05, 3.63) is 72.1 Å². The van der Waals surface area contributed by atoms with Gasteiger partial charge in [-0.2, -0.15) is 5.26 Å². The number of fused-ring (bicyclic) bond motifs is 2. The Morgan fingerprint density at radius 1 is 0.526 bits per heavy atom. The van der Waals surface area contributed by atoms with E-state index in [1.54, 1.807) is 42.5 Å². The predicted molar refractivity (Wildman–Crippen MR) is 404 cm³/mol. The molecule has 2 aromatic heterocycles. The Balaban J connectivity index is 0.865. The van der Waals surface area contributed by atoms with Crippen LogP contribution in [0.3, 0.4) is 0 Å². The zero-order chi connectivity index (χ0) is 84.4. The number of nitriles is 1. The Hall–Kier alpha value is -10.6. The molecule has 2 aliphatic rings. The number of aliphatic carboxylic acids is 4. The number of carboxylic acid groups (broad SMARTS) is 4. The summed E-state index contributed by atoms with van der Waals surface area (Å²) in [5.41, 5.74) is 1.21. The van der Waals surface area contributed by atoms with Gasteiger partial charge in [0.25, 0.3) is 23.7 Å². The third-order valence-electron chi connectivity index (χ3n) is 18.2. The van der Waals surface area contributed by atoms with Crippen LogP contribution < -0.4 is 52.0 Å². The van der Waals surface area contributed by atoms with Crippen LogP contribution in [0.15, 0.2) is 60.9 Å². The number of nitrogens with one attached hydrogen (secondary N) is 8. The average Bonchev–Trinajstić information content (AvgIpc) is 1.21. The second-order valence-corrected chi connectivity index (χ2v) is 27.4. The fourth-order valence-electron chi connectivity index (χ4n) is 12.3. The number of carbonyl (C=O) groups is 12. The van der Waals surface area contributed by atoms with E-state index in [1.807, 2.05) is 0 Å². The molecule has 12 N–H and O–H groups in total. The van der Waals surface area contributed by atoms with E-state index in [1.165, 1.54) is 41.2 Å². The molecule has 4 aromatic rings. The van der Waals surface area contributed by atoms with Crippen LogP contribution in [0, 0.1) is 11.3 Å². The standard InChI is InChI=1S/C75H103F4N15O22/c1-50-40-74(76,77)48-93(50)65(98)43-88-70(106)54-14-19-82-58-8-6-52(38-56(54)58)115-28-4-2-17-85-62(95)12-10-60(72(108)87-18-3-5-29-116-53-7-9-59-57(39-53)55(15-20-83-59)71(107)89-44-66(99)94-49-75(78,79)41-51(94)42-80)90-64(97)16-30-111-32-34-113-36-37-114-35-33-112-31-23-86-63(96)13-11-61(73(109)110)84-22-25-92(47-69(104)105)27-26-91(46-68(102)103)24-21-81-45-67(100)101/h6-9,14-15,19-20,38-39,50-51,60-61,81,84H,2-5,10-13,16-18,21-37,40-41,43-49H2,1H3,(H,85,95)(H,86,96)(H,87,108)(H,88,106)(H,89,107)(H,90,97)(H,100,101)(H,102,103)(H,104,105)(H,109,110)/t50?,51-,60-,61?/m0/s1. The lowest BCUT2D eigenvalue weighted by atomic mass is 10.1. The van der Waals surface area contributed by atoms with Crippen molar-refractivity contribution in [3.8, 4) is 17.6 Å². The van der Waals surface area contributed by atoms with Gasteiger partial charge in [0.05, 0.1) is 140 Å². The highest BCUT2D eigenvalue weighted by Crippen LogP contribution is 2.33. The van der Waals surface area contributed by atoms with E-state index in [2.05, 4.69) is 52.5 Å². The second-order valence-electron chi connectivity index (χ2n) is 27.4. The molecule has 0 radical (unpaired) electrons. The molecule has 0 aliphatic carbocycles. The number of aromatic nitrogens is 2. The zero-order valence-corrected chi connectivity index (χ0v) is 64.5. The molecule has 0 bridgehead atoms. The molecular weight excluding hydrogens is 1540 g/mol. The van der Waals surface area contributed by atoms with Gasteiger partial charge in [0, 0.05) is 120 Å². The number of ether oxygens (including phenoxy) is 6. The summed E-state index contributed by atoms with van der Waals surface area (Å²) < 4.78 is 89.9. The minimum atomic E-state index is -3.23. The molecule has 8 amide bonds. The number of nitrogens with zero attached hydrogens (tertiary/aromatic N) is 7. The van der Waals surface area contributed by atoms with Gasteiger partial charge in [-0.25, -0.2) is 17.6 Å². The summed E-state index contributed by atoms with van der Waals surface area (Å²) in [6.07, 6.45) is 2.80. The van der Waals surface area contributed by atoms with Crippen molar-refractivity contribution in [1.82, 2.24) is 72.1 Å². The summed E-state index contributed by atoms with van der Waals surface area (Å²) in [6.45, 7) is 0.469. The third kappa shape index (κ3) is 35.2. The number of rotatable bonds is 58. The Morgan fingerprint density at radius 2 is 1.01 bits per heavy atom. The fraction of sp³-hybridized carbons (Fsp3) is 0.587. The van der Waals surface area contributed by atoms with Crippen LogP contribution in [-0.4, -0.2) is 328 Å². The van der Waals surface area contributed by atoms with E-state index in [0.717, 1.165) is 9.80 Å². The maximum Gasteiger partial charge on any atom is 0.320 e. The van der Waals surface area contributed by atoms with Gasteiger partial charge in [-0.15, -0.1) is 0 Å². The van der Waals surface area contributed by atoms with Crippen molar-refractivity contribution >= 4 is 92.9 Å². The van der Waals surface area contributed by atoms with E-state index < -0.39 is 153 Å². The number of carbonyl (C=O) groups excluding carboxylic acids is 8. The van der Waals surface area contributed by atoms with Crippen LogP contribution in [0.5, 0.6) is 11.5 Å². The van der Waals surface area contributed by atoms with Crippen LogP contribution in [0.2, 0.25) is 0 Å². The smallest absolute Gasteiger partial charge is 0.320 e. The van der Waals surface area contributed by atoms with Crippen LogP contribution in [0.25, 0.3) is 21.8 Å². The highest BCUT2D eigenvalue weighted by Gasteiger charge is 2.47. The Morgan fingerprint density at radius 3 is 1.52 bits per heavy atom. The summed E-state index contributed by atoms with van der Waals surface area (Å²) >= 11 is 0. The lowest BCUT2D eigenvalue weighted by Crippen LogP contribution is -2.47. The summed E-state index contributed by atoms with van der Waals surface area (Å²) in [7, 11) is 0. The van der Waals surface area contributed by atoms with E-state index in [-0.39, 0.29) is 181 Å². The molecule has 6 rings (SSSR count). The quantitative estimate of drug-likeness (QED) is 0.0213. The zero-order valence-electron chi connectivity index (χ0n) is 64.5. The lowest BCUT2D eigenvalue weighted by molar-refractivity contribution is -0.141. The normalized spacial score (nSPS) is 15.3. The first-order valence-corrected chi connectivity index (χ1v) is 38.0. The Labute approximate surface area is 665 Å². The molecule has 2 unspecified atom stereocenters. The molecule has 0 saturated carbocycles. The van der Waals surface area contributed by atoms with Crippen LogP contribution >= 0.6 is 0 Å². The van der Waals surface area contributed by atoms with Gasteiger partial charge in [-0.05, 0) is 94.0 Å². The maximum absolute atomic E-state index is 14.0. The highest BCUT2D eigenvalue weighted by molar-refractivity contribution is 6.08. The molecule has 0 spiro atoms. The van der Waals surface area contributed by atoms with Gasteiger partial charge in [-0.3, -0.25) is 77.3 Å². The van der Waals surface area contributed by atoms with Crippen molar-refractivity contribution in [1.29, 1.82) is 5.26 Å². The van der Waals surface area contributed by atoms with Crippen molar-refractivity contribution in [3.63, 3.8) is 0 Å². The number of pyridine rings is 2. The van der Waals surface area contributed by atoms with Crippen LogP contribution in [0.1, 0.15) is 98.3 Å². The minimum Gasteiger partial charge on any atom is -0.494 e. The van der Waals surface area contributed by atoms with Crippen molar-refractivity contribution in [2.45, 2.75) is 114 Å². The van der Waals surface area contributed by atoms with Gasteiger partial charge in [0.1, 0.15) is 29.6 Å². The number of likely N-dealkylation sites (tertiary alicyclic amines) is 2. The van der Waals surface area contributed by atoms with Gasteiger partial charge >= 0.3 is 23.9 Å². The number of hydrogen-bond acceptors (Lipinski definition) is 25. The first-order valence-electron chi connectivity index (χ1n) is 38.0. The molecule has 116 heavy (non-hydrogen) atoms. The van der Waals surface area contributed by atoms with Gasteiger partial charge in [0.2, 0.25) is 35.4 Å². The Kier molecular flexibility index (Phi) is 40.6. The molecule has 2 aliphatic heterocycles. The van der Waals surface area contributed by atoms with Gasteiger partial charge in [-0.1, -0.05) is 0 Å². The van der Waals surface area contributed by atoms with Crippen LogP contribution in [-0.2, 0) is 66.9 Å². The SMILES string of the molecule is CC1CC(F)(F)CN1C(=O)CNC(=O)c1ccnc2ccc(OCCCCNC(=O)CC[C@H](NC(=O)CCOCCOCCOCCOCCNC(=O)CCC(NCCN(CCN(CCNCC(=O)O)CC(=O)O)CC(=O)O)C(=O)O)C(=O)NCCCCOc3ccc4nccc(C(=O)NCC(=O)N5CC(F)(F)C[C@H]5C#N)c4c3)cc12. The van der Waals surface area contributed by atoms with Gasteiger partial charge in [0.15, 0.2) is 0 Å². The number of carboxylic acids is 4. The topological polar surface area (TPSA) is 500 Å². The van der Waals surface area contributed by atoms with Gasteiger partial charge < -0.3 is 101 Å². The lowest BCUT2D eigenvalue weighted by Gasteiger charge is -2.26. The number of benzene rings is 2. The number of hydrogen-bond donors (Lipinski definition) is 12. The molecule has 4 atom stereocenters. The number of halogens is 4. The molecule has 2 saturated heterocycles. The van der Waals surface area contributed by atoms with Crippen molar-refractivity contribution in [2.24, 2.45) is 0 Å². The van der Waals surface area contributed by atoms with Crippen molar-refractivity contribution in [2.75, 3.05) is 171 Å². The number of unbranched alkanes of at least 4 members (excludes halogenated alkanes) is 2. The molecule has 4 heterocycles. The third-order valence-corrected chi connectivity index (χ3v) is 18.2. The van der Waals surface area contributed by atoms with Crippen molar-refractivity contribution < 1.29 is 124 Å². The molecule has 41 heteroatoms. The highest BCUT2D eigenvalue weighted by atomic mass is 19.3. The summed E-state index contributed by atoms with van der Waals surface area (Å²) in [4.78, 5) is 164. The van der Waals surface area contributed by atoms with E-state index in [4.69, 9.17) is 33.5 Å². The second kappa shape index (κ2) is 50.0. The average molecular weight is 1640 g/mol. The largest absolute Gasteiger partial charge is 0.494 e. The number of alkyl halides is 4. The molecule has 638 valence electrons. The Bertz CT molecular complexity index is 3980. The van der Waals surface area contributed by atoms with Crippen LogP contribution in [0.4, 0.5) is 17.6 Å². The predicted octanol–water partition coefficient (Wildman–Crippen LogP) is 0.617. The van der Waals surface area contributed by atoms with E-state index in [0.29, 0.717) is 59.0 Å². The fourth-order valence-corrected chi connectivity index (χ4v) is 12.3. The molecule has 37 nitrogen and oxygen atoms in total. The molecule has 2 fully saturated rings. The minimum absolute atomic E-state index is 0.0356. The first kappa shape index (κ1) is 94.2. The summed E-state index contributed by atoms with van der Waals surface area (Å²) in [5.74, 6) is -14.7. The van der Waals surface area contributed by atoms with E-state index in [9.17, 15) is 95.7 Å². The summed E-state index contributed by atoms with van der Waals surface area (Å²) in [5, 5.41) is 68.8. The van der Waals surface area contributed by atoms with E-state index >= 15 is 0 Å².